The number of fused-ring (bicyclic) bond motifs is 1. The van der Waals surface area contributed by atoms with Crippen molar-refractivity contribution in [1.82, 2.24) is 4.98 Å². The van der Waals surface area contributed by atoms with Gasteiger partial charge in [-0.05, 0) is 29.8 Å². The largest absolute Gasteiger partial charge is 0.478 e. The van der Waals surface area contributed by atoms with E-state index in [1.54, 1.807) is 30.3 Å². The van der Waals surface area contributed by atoms with E-state index >= 15 is 0 Å². The van der Waals surface area contributed by atoms with Crippen LogP contribution in [0.2, 0.25) is 10.0 Å². The third-order valence-corrected chi connectivity index (χ3v) is 4.07. The van der Waals surface area contributed by atoms with Crippen LogP contribution in [0.4, 0.5) is 0 Å². The van der Waals surface area contributed by atoms with Crippen LogP contribution >= 0.6 is 23.2 Å². The third-order valence-electron chi connectivity index (χ3n) is 3.33. The highest BCUT2D eigenvalue weighted by Crippen LogP contribution is 2.28. The van der Waals surface area contributed by atoms with Gasteiger partial charge >= 0.3 is 5.97 Å². The number of hydrogen-bond acceptors (Lipinski definition) is 2. The molecule has 0 unspecified atom stereocenters. The molecule has 0 aliphatic rings. The van der Waals surface area contributed by atoms with Crippen molar-refractivity contribution in [2.45, 2.75) is 0 Å². The number of hydrogen-bond donors (Lipinski definition) is 2. The van der Waals surface area contributed by atoms with Crippen LogP contribution in [0.1, 0.15) is 10.4 Å². The second-order valence-corrected chi connectivity index (χ2v) is 5.52. The first-order valence-electron chi connectivity index (χ1n) is 6.32. The molecule has 22 heavy (non-hydrogen) atoms. The zero-order chi connectivity index (χ0) is 15.9. The quantitative estimate of drug-likeness (QED) is 0.738. The fourth-order valence-electron chi connectivity index (χ4n) is 2.27. The summed E-state index contributed by atoms with van der Waals surface area (Å²) in [5, 5.41) is 10.3. The predicted octanol–water partition coefficient (Wildman–Crippen LogP) is 4.20. The van der Waals surface area contributed by atoms with Gasteiger partial charge in [-0.15, -0.1) is 0 Å². The van der Waals surface area contributed by atoms with Gasteiger partial charge in [-0.1, -0.05) is 35.3 Å². The summed E-state index contributed by atoms with van der Waals surface area (Å²) in [6.07, 6.45) is 0. The molecule has 2 N–H and O–H groups in total. The van der Waals surface area contributed by atoms with Gasteiger partial charge < -0.3 is 10.1 Å². The van der Waals surface area contributed by atoms with Crippen LogP contribution < -0.4 is 5.43 Å². The summed E-state index contributed by atoms with van der Waals surface area (Å²) in [4.78, 5) is 26.5. The number of nitrogens with one attached hydrogen (secondary N) is 1. The van der Waals surface area contributed by atoms with Gasteiger partial charge in [-0.25, -0.2) is 4.79 Å². The van der Waals surface area contributed by atoms with Crippen molar-refractivity contribution in [3.63, 3.8) is 0 Å². The van der Waals surface area contributed by atoms with Gasteiger partial charge in [-0.3, -0.25) is 4.79 Å². The molecule has 0 atom stereocenters. The Balaban J connectivity index is 2.32. The van der Waals surface area contributed by atoms with Crippen LogP contribution in [0.5, 0.6) is 0 Å². The monoisotopic (exact) mass is 333 g/mol. The Kier molecular flexibility index (Phi) is 3.64. The lowest BCUT2D eigenvalue weighted by Crippen LogP contribution is -2.07. The number of carboxylic acid groups (broad SMARTS) is 1. The molecule has 0 saturated heterocycles. The van der Waals surface area contributed by atoms with E-state index in [1.165, 1.54) is 12.1 Å². The molecule has 3 rings (SSSR count). The van der Waals surface area contributed by atoms with Gasteiger partial charge in [0.15, 0.2) is 5.43 Å². The SMILES string of the molecule is O=C(O)c1cccc2c(=O)cc(-c3ccc(Cl)c(Cl)c3)[nH]c12. The number of benzene rings is 2. The van der Waals surface area contributed by atoms with E-state index in [0.29, 0.717) is 26.7 Å². The fourth-order valence-corrected chi connectivity index (χ4v) is 2.57. The number of pyridine rings is 1. The van der Waals surface area contributed by atoms with Crippen LogP contribution in [-0.2, 0) is 0 Å². The molecule has 2 aromatic carbocycles. The van der Waals surface area contributed by atoms with Crippen LogP contribution in [0.15, 0.2) is 47.3 Å². The summed E-state index contributed by atoms with van der Waals surface area (Å²) < 4.78 is 0. The maximum Gasteiger partial charge on any atom is 0.337 e. The average Bonchev–Trinajstić information content (AvgIpc) is 2.49. The number of H-pyrrole nitrogens is 1. The molecule has 0 bridgehead atoms. The summed E-state index contributed by atoms with van der Waals surface area (Å²) in [6, 6.07) is 10.9. The molecule has 0 amide bonds. The van der Waals surface area contributed by atoms with Gasteiger partial charge in [0.05, 0.1) is 21.1 Å². The Hall–Kier alpha value is -2.30. The van der Waals surface area contributed by atoms with E-state index < -0.39 is 5.97 Å². The smallest absolute Gasteiger partial charge is 0.337 e. The van der Waals surface area contributed by atoms with Crippen molar-refractivity contribution in [3.05, 3.63) is 68.3 Å². The first-order valence-corrected chi connectivity index (χ1v) is 7.08. The van der Waals surface area contributed by atoms with E-state index in [9.17, 15) is 14.7 Å². The molecule has 4 nitrogen and oxygen atoms in total. The molecule has 1 aromatic heterocycles. The van der Waals surface area contributed by atoms with Crippen LogP contribution in [0.3, 0.4) is 0 Å². The van der Waals surface area contributed by atoms with Crippen molar-refractivity contribution in [3.8, 4) is 11.3 Å². The maximum atomic E-state index is 12.2. The van der Waals surface area contributed by atoms with Crippen molar-refractivity contribution >= 4 is 40.1 Å². The minimum Gasteiger partial charge on any atom is -0.478 e. The van der Waals surface area contributed by atoms with Gasteiger partial charge in [0.1, 0.15) is 0 Å². The number of para-hydroxylation sites is 1. The van der Waals surface area contributed by atoms with Crippen LogP contribution in [0.25, 0.3) is 22.2 Å². The lowest BCUT2D eigenvalue weighted by Gasteiger charge is -2.08. The highest BCUT2D eigenvalue weighted by molar-refractivity contribution is 6.42. The number of carbonyl (C=O) groups is 1. The standard InChI is InChI=1S/C16H9Cl2NO3/c17-11-5-4-8(6-12(11)18)13-7-14(20)9-2-1-3-10(16(21)22)15(9)19-13/h1-7H,(H,19,20)(H,21,22). The molecular weight excluding hydrogens is 325 g/mol. The van der Waals surface area contributed by atoms with E-state index in [1.807, 2.05) is 0 Å². The molecule has 0 aliphatic carbocycles. The molecule has 6 heteroatoms. The molecule has 0 saturated carbocycles. The minimum absolute atomic E-state index is 0.0384. The minimum atomic E-state index is -1.10. The van der Waals surface area contributed by atoms with Crippen molar-refractivity contribution in [1.29, 1.82) is 0 Å². The second-order valence-electron chi connectivity index (χ2n) is 4.71. The molecule has 0 spiro atoms. The summed E-state index contributed by atoms with van der Waals surface area (Å²) in [5.74, 6) is -1.10. The Morgan fingerprint density at radius 1 is 1.05 bits per heavy atom. The number of aromatic nitrogens is 1. The Labute approximate surface area is 134 Å². The summed E-state index contributed by atoms with van der Waals surface area (Å²) >= 11 is 11.9. The Bertz CT molecular complexity index is 963. The highest BCUT2D eigenvalue weighted by atomic mass is 35.5. The van der Waals surface area contributed by atoms with E-state index in [2.05, 4.69) is 4.98 Å². The van der Waals surface area contributed by atoms with Gasteiger partial charge in [0.25, 0.3) is 0 Å². The Morgan fingerprint density at radius 3 is 2.50 bits per heavy atom. The number of aromatic carboxylic acids is 1. The molecule has 0 aliphatic heterocycles. The van der Waals surface area contributed by atoms with Crippen molar-refractivity contribution in [2.24, 2.45) is 0 Å². The molecule has 0 fully saturated rings. The first kappa shape index (κ1) is 14.6. The maximum absolute atomic E-state index is 12.2. The normalized spacial score (nSPS) is 10.8. The fraction of sp³-hybridized carbons (Fsp3) is 0. The molecular formula is C16H9Cl2NO3. The van der Waals surface area contributed by atoms with E-state index in [-0.39, 0.29) is 16.5 Å². The van der Waals surface area contributed by atoms with Gasteiger partial charge in [0, 0.05) is 17.1 Å². The number of rotatable bonds is 2. The van der Waals surface area contributed by atoms with Crippen molar-refractivity contribution in [2.75, 3.05) is 0 Å². The number of carboxylic acids is 1. The topological polar surface area (TPSA) is 70.2 Å². The Morgan fingerprint density at radius 2 is 1.82 bits per heavy atom. The van der Waals surface area contributed by atoms with Gasteiger partial charge in [0.2, 0.25) is 0 Å². The lowest BCUT2D eigenvalue weighted by molar-refractivity contribution is 0.0699. The summed E-state index contributed by atoms with van der Waals surface area (Å²) in [6.45, 7) is 0. The van der Waals surface area contributed by atoms with Crippen LogP contribution in [0, 0.1) is 0 Å². The summed E-state index contributed by atoms with van der Waals surface area (Å²) in [5.41, 5.74) is 1.18. The zero-order valence-corrected chi connectivity index (χ0v) is 12.6. The molecule has 110 valence electrons. The van der Waals surface area contributed by atoms with Crippen LogP contribution in [-0.4, -0.2) is 16.1 Å². The van der Waals surface area contributed by atoms with Crippen molar-refractivity contribution < 1.29 is 9.90 Å². The van der Waals surface area contributed by atoms with E-state index in [4.69, 9.17) is 23.2 Å². The molecule has 0 radical (unpaired) electrons. The predicted molar refractivity (Wildman–Crippen MR) is 87.0 cm³/mol. The lowest BCUT2D eigenvalue weighted by atomic mass is 10.1. The summed E-state index contributed by atoms with van der Waals surface area (Å²) in [7, 11) is 0. The zero-order valence-electron chi connectivity index (χ0n) is 11.1. The van der Waals surface area contributed by atoms with Gasteiger partial charge in [-0.2, -0.15) is 0 Å². The highest BCUT2D eigenvalue weighted by Gasteiger charge is 2.12. The molecule has 3 aromatic rings. The number of aromatic amines is 1. The third kappa shape index (κ3) is 2.47. The number of halogens is 2. The van der Waals surface area contributed by atoms with E-state index in [0.717, 1.165) is 0 Å². The average molecular weight is 334 g/mol. The first-order chi connectivity index (χ1) is 10.5. The molecule has 1 heterocycles. The second kappa shape index (κ2) is 5.48.